The molecule has 0 amide bonds. The number of hydrogen-bond acceptors (Lipinski definition) is 3. The van der Waals surface area contributed by atoms with E-state index >= 15 is 0 Å². The Bertz CT molecular complexity index is 346. The standard InChI is InChI=1S/C13H24N2OSi/c1-13(2,3)17(4,5)16-12(9-14)11-7-6-8-15-10-11/h6-8,10,12H,9,14H2,1-5H3/t12-/m0/s1. The maximum Gasteiger partial charge on any atom is 0.192 e. The van der Waals surface area contributed by atoms with Crippen molar-refractivity contribution in [3.8, 4) is 0 Å². The molecule has 0 unspecified atom stereocenters. The minimum absolute atomic E-state index is 0.0374. The predicted octanol–water partition coefficient (Wildman–Crippen LogP) is 3.10. The van der Waals surface area contributed by atoms with Gasteiger partial charge in [0.15, 0.2) is 8.32 Å². The number of aromatic nitrogens is 1. The number of hydrogen-bond donors (Lipinski definition) is 1. The van der Waals surface area contributed by atoms with Crippen molar-refractivity contribution in [3.05, 3.63) is 30.1 Å². The van der Waals surface area contributed by atoms with Crippen molar-refractivity contribution in [3.63, 3.8) is 0 Å². The van der Waals surface area contributed by atoms with Crippen LogP contribution >= 0.6 is 0 Å². The van der Waals surface area contributed by atoms with E-state index in [2.05, 4.69) is 38.8 Å². The topological polar surface area (TPSA) is 48.1 Å². The normalized spacial score (nSPS) is 14.7. The lowest BCUT2D eigenvalue weighted by molar-refractivity contribution is 0.191. The highest BCUT2D eigenvalue weighted by Crippen LogP contribution is 2.39. The molecule has 17 heavy (non-hydrogen) atoms. The van der Waals surface area contributed by atoms with Crippen molar-refractivity contribution in [2.75, 3.05) is 6.54 Å². The van der Waals surface area contributed by atoms with Gasteiger partial charge in [-0.3, -0.25) is 4.98 Å². The Labute approximate surface area is 106 Å². The minimum Gasteiger partial charge on any atom is -0.409 e. The first-order chi connectivity index (χ1) is 7.78. The highest BCUT2D eigenvalue weighted by atomic mass is 28.4. The maximum atomic E-state index is 6.31. The zero-order valence-electron chi connectivity index (χ0n) is 11.5. The Morgan fingerprint density at radius 2 is 2.06 bits per heavy atom. The lowest BCUT2D eigenvalue weighted by atomic mass is 10.2. The van der Waals surface area contributed by atoms with Crippen LogP contribution in [0.4, 0.5) is 0 Å². The van der Waals surface area contributed by atoms with Gasteiger partial charge in [-0.2, -0.15) is 0 Å². The van der Waals surface area contributed by atoms with E-state index in [0.717, 1.165) is 5.56 Å². The van der Waals surface area contributed by atoms with E-state index in [9.17, 15) is 0 Å². The number of pyridine rings is 1. The third kappa shape index (κ3) is 3.62. The van der Waals surface area contributed by atoms with Crippen molar-refractivity contribution in [1.29, 1.82) is 0 Å². The van der Waals surface area contributed by atoms with E-state index in [1.165, 1.54) is 0 Å². The lowest BCUT2D eigenvalue weighted by Crippen LogP contribution is -2.43. The van der Waals surface area contributed by atoms with Crippen molar-refractivity contribution >= 4 is 8.32 Å². The Kier molecular flexibility index (Phi) is 4.46. The van der Waals surface area contributed by atoms with Gasteiger partial charge < -0.3 is 10.2 Å². The second-order valence-electron chi connectivity index (χ2n) is 5.89. The molecule has 1 aromatic heterocycles. The van der Waals surface area contributed by atoms with Gasteiger partial charge in [-0.25, -0.2) is 0 Å². The number of nitrogens with two attached hydrogens (primary N) is 1. The van der Waals surface area contributed by atoms with E-state index in [4.69, 9.17) is 10.2 Å². The van der Waals surface area contributed by atoms with Crippen LogP contribution in [0, 0.1) is 0 Å². The molecule has 1 aromatic rings. The third-order valence-corrected chi connectivity index (χ3v) is 8.00. The van der Waals surface area contributed by atoms with Gasteiger partial charge in [0.2, 0.25) is 0 Å². The monoisotopic (exact) mass is 252 g/mol. The van der Waals surface area contributed by atoms with Crippen LogP contribution in [0.3, 0.4) is 0 Å². The Balaban J connectivity index is 2.85. The van der Waals surface area contributed by atoms with Gasteiger partial charge in [0, 0.05) is 18.9 Å². The van der Waals surface area contributed by atoms with Gasteiger partial charge in [-0.05, 0) is 29.8 Å². The summed E-state index contributed by atoms with van der Waals surface area (Å²) in [5.41, 5.74) is 6.89. The molecule has 96 valence electrons. The van der Waals surface area contributed by atoms with E-state index in [0.29, 0.717) is 6.54 Å². The summed E-state index contributed by atoms with van der Waals surface area (Å²) < 4.78 is 6.31. The van der Waals surface area contributed by atoms with Crippen LogP contribution in [0.25, 0.3) is 0 Å². The Hall–Kier alpha value is -0.713. The maximum absolute atomic E-state index is 6.31. The molecule has 3 nitrogen and oxygen atoms in total. The van der Waals surface area contributed by atoms with Crippen molar-refractivity contribution in [2.24, 2.45) is 5.73 Å². The second kappa shape index (κ2) is 5.29. The summed E-state index contributed by atoms with van der Waals surface area (Å²) in [6.07, 6.45) is 3.57. The number of rotatable bonds is 4. The first kappa shape index (κ1) is 14.3. The molecule has 0 saturated carbocycles. The van der Waals surface area contributed by atoms with Gasteiger partial charge in [0.1, 0.15) is 0 Å². The summed E-state index contributed by atoms with van der Waals surface area (Å²) in [5, 5.41) is 0.197. The SMILES string of the molecule is CC(C)(C)[Si](C)(C)O[C@@H](CN)c1cccnc1. The van der Waals surface area contributed by atoms with Gasteiger partial charge in [-0.1, -0.05) is 26.8 Å². The van der Waals surface area contributed by atoms with Crippen molar-refractivity contribution in [1.82, 2.24) is 4.98 Å². The quantitative estimate of drug-likeness (QED) is 0.838. The lowest BCUT2D eigenvalue weighted by Gasteiger charge is -2.39. The molecule has 0 aliphatic heterocycles. The molecule has 0 aromatic carbocycles. The smallest absolute Gasteiger partial charge is 0.192 e. The molecular formula is C13H24N2OSi. The predicted molar refractivity (Wildman–Crippen MR) is 74.3 cm³/mol. The summed E-state index contributed by atoms with van der Waals surface area (Å²) in [6, 6.07) is 3.95. The van der Waals surface area contributed by atoms with E-state index in [1.54, 1.807) is 6.20 Å². The summed E-state index contributed by atoms with van der Waals surface area (Å²) in [6.45, 7) is 11.7. The van der Waals surface area contributed by atoms with Crippen LogP contribution < -0.4 is 5.73 Å². The van der Waals surface area contributed by atoms with Gasteiger partial charge in [0.25, 0.3) is 0 Å². The highest BCUT2D eigenvalue weighted by Gasteiger charge is 2.39. The fourth-order valence-corrected chi connectivity index (χ4v) is 2.65. The van der Waals surface area contributed by atoms with E-state index in [1.807, 2.05) is 18.3 Å². The molecule has 1 atom stereocenters. The number of nitrogens with zero attached hydrogens (tertiary/aromatic N) is 1. The highest BCUT2D eigenvalue weighted by molar-refractivity contribution is 6.74. The summed E-state index contributed by atoms with van der Waals surface area (Å²) in [5.74, 6) is 0. The van der Waals surface area contributed by atoms with Crippen LogP contribution in [0.5, 0.6) is 0 Å². The van der Waals surface area contributed by atoms with E-state index in [-0.39, 0.29) is 11.1 Å². The van der Waals surface area contributed by atoms with Crippen molar-refractivity contribution < 1.29 is 4.43 Å². The van der Waals surface area contributed by atoms with Crippen LogP contribution in [0.2, 0.25) is 18.1 Å². The zero-order valence-corrected chi connectivity index (χ0v) is 12.5. The average Bonchev–Trinajstić information content (AvgIpc) is 2.25. The van der Waals surface area contributed by atoms with E-state index < -0.39 is 8.32 Å². The summed E-state index contributed by atoms with van der Waals surface area (Å²) >= 11 is 0. The molecule has 0 aliphatic carbocycles. The molecule has 1 rings (SSSR count). The Morgan fingerprint density at radius 1 is 1.41 bits per heavy atom. The molecule has 4 heteroatoms. The first-order valence-electron chi connectivity index (χ1n) is 6.06. The molecule has 0 fully saturated rings. The fourth-order valence-electron chi connectivity index (χ4n) is 1.35. The minimum atomic E-state index is -1.78. The van der Waals surface area contributed by atoms with Crippen LogP contribution in [0.15, 0.2) is 24.5 Å². The molecule has 0 spiro atoms. The van der Waals surface area contributed by atoms with Crippen molar-refractivity contribution in [2.45, 2.75) is 45.0 Å². The molecule has 0 radical (unpaired) electrons. The largest absolute Gasteiger partial charge is 0.409 e. The average molecular weight is 252 g/mol. The van der Waals surface area contributed by atoms with Gasteiger partial charge >= 0.3 is 0 Å². The van der Waals surface area contributed by atoms with Crippen LogP contribution in [0.1, 0.15) is 32.4 Å². The van der Waals surface area contributed by atoms with Gasteiger partial charge in [-0.15, -0.1) is 0 Å². The summed E-state index contributed by atoms with van der Waals surface area (Å²) in [7, 11) is -1.78. The zero-order chi connectivity index (χ0) is 13.1. The molecule has 1 heterocycles. The summed E-state index contributed by atoms with van der Waals surface area (Å²) in [4.78, 5) is 4.13. The van der Waals surface area contributed by atoms with Crippen LogP contribution in [-0.2, 0) is 4.43 Å². The van der Waals surface area contributed by atoms with Gasteiger partial charge in [0.05, 0.1) is 6.10 Å². The molecule has 2 N–H and O–H groups in total. The molecular weight excluding hydrogens is 228 g/mol. The molecule has 0 saturated heterocycles. The third-order valence-electron chi connectivity index (χ3n) is 3.51. The second-order valence-corrected chi connectivity index (χ2v) is 10.6. The molecule has 0 bridgehead atoms. The Morgan fingerprint density at radius 3 is 2.47 bits per heavy atom. The first-order valence-corrected chi connectivity index (χ1v) is 8.96. The molecule has 0 aliphatic rings. The van der Waals surface area contributed by atoms with Crippen LogP contribution in [-0.4, -0.2) is 19.8 Å². The fraction of sp³-hybridized carbons (Fsp3) is 0.615.